The van der Waals surface area contributed by atoms with Gasteiger partial charge in [0.25, 0.3) is 0 Å². The number of aliphatic hydroxyl groups is 7. The van der Waals surface area contributed by atoms with Gasteiger partial charge in [-0.1, -0.05) is 0 Å². The smallest absolute Gasteiger partial charge is 0.337 e. The first-order valence-corrected chi connectivity index (χ1v) is 6.88. The fourth-order valence-electron chi connectivity index (χ4n) is 1.85. The van der Waals surface area contributed by atoms with E-state index in [-0.39, 0.29) is 0 Å². The molecule has 0 spiro atoms. The van der Waals surface area contributed by atoms with Gasteiger partial charge in [0.05, 0.1) is 26.4 Å². The van der Waals surface area contributed by atoms with Crippen molar-refractivity contribution >= 4 is 5.97 Å². The van der Waals surface area contributed by atoms with Gasteiger partial charge in [0.1, 0.15) is 30.5 Å². The van der Waals surface area contributed by atoms with Gasteiger partial charge in [0.2, 0.25) is 0 Å². The maximum atomic E-state index is 11.3. The van der Waals surface area contributed by atoms with Gasteiger partial charge in [-0.3, -0.25) is 0 Å². The summed E-state index contributed by atoms with van der Waals surface area (Å²) < 4.78 is 14.8. The summed E-state index contributed by atoms with van der Waals surface area (Å²) in [7, 11) is 0. The standard InChI is InChI=1S/C12H22O11/c13-1-5(22-11(20)6(16)2-14)4-21-12-10(19)9(18)8(17)7(3-15)23-12/h5-10,12-19H,1-4H2/t5?,6?,7?,8?,9?,10?,12-/m1/s1. The summed E-state index contributed by atoms with van der Waals surface area (Å²) >= 11 is 0. The average Bonchev–Trinajstić information content (AvgIpc) is 2.56. The number of rotatable bonds is 8. The minimum Gasteiger partial charge on any atom is -0.455 e. The lowest BCUT2D eigenvalue weighted by atomic mass is 9.99. The Labute approximate surface area is 131 Å². The van der Waals surface area contributed by atoms with E-state index < -0.39 is 75.3 Å². The van der Waals surface area contributed by atoms with Gasteiger partial charge in [0.15, 0.2) is 12.4 Å². The number of hydrogen-bond donors (Lipinski definition) is 7. The lowest BCUT2D eigenvalue weighted by Crippen LogP contribution is -2.59. The van der Waals surface area contributed by atoms with E-state index in [1.54, 1.807) is 0 Å². The molecule has 0 saturated carbocycles. The van der Waals surface area contributed by atoms with E-state index in [0.717, 1.165) is 0 Å². The summed E-state index contributed by atoms with van der Waals surface area (Å²) in [6.45, 7) is -2.64. The summed E-state index contributed by atoms with van der Waals surface area (Å²) in [5.41, 5.74) is 0. The van der Waals surface area contributed by atoms with Crippen LogP contribution in [-0.4, -0.2) is 111 Å². The first-order chi connectivity index (χ1) is 10.8. The largest absolute Gasteiger partial charge is 0.455 e. The Balaban J connectivity index is 2.55. The quantitative estimate of drug-likeness (QED) is 0.209. The predicted octanol–water partition coefficient (Wildman–Crippen LogP) is -4.94. The molecule has 1 rings (SSSR count). The van der Waals surface area contributed by atoms with Crippen LogP contribution in [0.15, 0.2) is 0 Å². The number of ether oxygens (including phenoxy) is 3. The van der Waals surface area contributed by atoms with E-state index in [1.807, 2.05) is 0 Å². The molecular weight excluding hydrogens is 320 g/mol. The molecule has 7 N–H and O–H groups in total. The number of hydrogen-bond acceptors (Lipinski definition) is 11. The van der Waals surface area contributed by atoms with Gasteiger partial charge in [-0.2, -0.15) is 0 Å². The molecule has 6 unspecified atom stereocenters. The molecule has 1 aliphatic rings. The Morgan fingerprint density at radius 1 is 1.04 bits per heavy atom. The molecule has 136 valence electrons. The fourth-order valence-corrected chi connectivity index (χ4v) is 1.85. The zero-order valence-corrected chi connectivity index (χ0v) is 12.1. The Kier molecular flexibility index (Phi) is 8.25. The highest BCUT2D eigenvalue weighted by Crippen LogP contribution is 2.22. The Morgan fingerprint density at radius 2 is 1.70 bits per heavy atom. The van der Waals surface area contributed by atoms with Crippen LogP contribution in [0.5, 0.6) is 0 Å². The van der Waals surface area contributed by atoms with Crippen LogP contribution in [0, 0.1) is 0 Å². The molecule has 1 aliphatic heterocycles. The maximum absolute atomic E-state index is 11.3. The molecule has 1 heterocycles. The van der Waals surface area contributed by atoms with Gasteiger partial charge in [-0.15, -0.1) is 0 Å². The van der Waals surface area contributed by atoms with Crippen molar-refractivity contribution in [2.75, 3.05) is 26.4 Å². The third kappa shape index (κ3) is 5.31. The first-order valence-electron chi connectivity index (χ1n) is 6.88. The molecule has 0 bridgehead atoms. The molecule has 0 amide bonds. The van der Waals surface area contributed by atoms with Crippen LogP contribution in [0.1, 0.15) is 0 Å². The Bertz CT molecular complexity index is 363. The van der Waals surface area contributed by atoms with Crippen molar-refractivity contribution in [3.05, 3.63) is 0 Å². The molecule has 11 nitrogen and oxygen atoms in total. The summed E-state index contributed by atoms with van der Waals surface area (Å²) in [4.78, 5) is 11.3. The van der Waals surface area contributed by atoms with Crippen molar-refractivity contribution in [3.63, 3.8) is 0 Å². The van der Waals surface area contributed by atoms with Crippen LogP contribution >= 0.6 is 0 Å². The molecule has 0 aliphatic carbocycles. The first kappa shape index (κ1) is 20.2. The van der Waals surface area contributed by atoms with Gasteiger partial charge in [0, 0.05) is 0 Å². The number of aliphatic hydroxyl groups excluding tert-OH is 7. The third-order valence-electron chi connectivity index (χ3n) is 3.23. The van der Waals surface area contributed by atoms with Crippen LogP contribution in [-0.2, 0) is 19.0 Å². The third-order valence-corrected chi connectivity index (χ3v) is 3.23. The van der Waals surface area contributed by atoms with Crippen molar-refractivity contribution in [2.24, 2.45) is 0 Å². The highest BCUT2D eigenvalue weighted by Gasteiger charge is 2.44. The van der Waals surface area contributed by atoms with Crippen molar-refractivity contribution in [3.8, 4) is 0 Å². The molecule has 1 saturated heterocycles. The molecule has 23 heavy (non-hydrogen) atoms. The lowest BCUT2D eigenvalue weighted by molar-refractivity contribution is -0.305. The molecule has 0 aromatic heterocycles. The zero-order valence-electron chi connectivity index (χ0n) is 12.1. The molecule has 1 fully saturated rings. The van der Waals surface area contributed by atoms with Crippen LogP contribution in [0.3, 0.4) is 0 Å². The van der Waals surface area contributed by atoms with Gasteiger partial charge >= 0.3 is 5.97 Å². The zero-order chi connectivity index (χ0) is 17.6. The minimum absolute atomic E-state index is 0.469. The van der Waals surface area contributed by atoms with E-state index >= 15 is 0 Å². The lowest BCUT2D eigenvalue weighted by Gasteiger charge is -2.39. The Morgan fingerprint density at radius 3 is 2.22 bits per heavy atom. The summed E-state index contributed by atoms with van der Waals surface area (Å²) in [5, 5.41) is 64.7. The van der Waals surface area contributed by atoms with Crippen LogP contribution < -0.4 is 0 Å². The van der Waals surface area contributed by atoms with E-state index in [0.29, 0.717) is 0 Å². The van der Waals surface area contributed by atoms with Crippen LogP contribution in [0.2, 0.25) is 0 Å². The monoisotopic (exact) mass is 342 g/mol. The highest BCUT2D eigenvalue weighted by molar-refractivity contribution is 5.74. The topological polar surface area (TPSA) is 186 Å². The van der Waals surface area contributed by atoms with Crippen LogP contribution in [0.4, 0.5) is 0 Å². The molecule has 0 aromatic carbocycles. The van der Waals surface area contributed by atoms with E-state index in [2.05, 4.69) is 4.74 Å². The van der Waals surface area contributed by atoms with E-state index in [1.165, 1.54) is 0 Å². The average molecular weight is 342 g/mol. The van der Waals surface area contributed by atoms with E-state index in [4.69, 9.17) is 29.9 Å². The second-order valence-corrected chi connectivity index (χ2v) is 4.97. The number of carbonyl (C=O) groups is 1. The maximum Gasteiger partial charge on any atom is 0.337 e. The summed E-state index contributed by atoms with van der Waals surface area (Å²) in [6.07, 6.45) is -10.4. The van der Waals surface area contributed by atoms with Gasteiger partial charge in [-0.25, -0.2) is 4.79 Å². The molecule has 0 radical (unpaired) electrons. The second-order valence-electron chi connectivity index (χ2n) is 4.97. The second kappa shape index (κ2) is 9.42. The Hall–Kier alpha value is -0.890. The number of carbonyl (C=O) groups excluding carboxylic acids is 1. The summed E-state index contributed by atoms with van der Waals surface area (Å²) in [5.74, 6) is -1.18. The summed E-state index contributed by atoms with van der Waals surface area (Å²) in [6, 6.07) is 0. The van der Waals surface area contributed by atoms with Crippen molar-refractivity contribution in [1.82, 2.24) is 0 Å². The van der Waals surface area contributed by atoms with Crippen molar-refractivity contribution in [2.45, 2.75) is 42.9 Å². The SMILES string of the molecule is O=C(OC(CO)CO[C@@H]1OC(CO)C(O)C(O)C1O)C(O)CO. The molecule has 11 heteroatoms. The molecule has 7 atom stereocenters. The normalized spacial score (nSPS) is 34.0. The van der Waals surface area contributed by atoms with E-state index in [9.17, 15) is 20.1 Å². The molecule has 0 aromatic rings. The van der Waals surface area contributed by atoms with Crippen LogP contribution in [0.25, 0.3) is 0 Å². The minimum atomic E-state index is -1.77. The van der Waals surface area contributed by atoms with Gasteiger partial charge in [-0.05, 0) is 0 Å². The fraction of sp³-hybridized carbons (Fsp3) is 0.917. The number of esters is 1. The predicted molar refractivity (Wildman–Crippen MR) is 69.8 cm³/mol. The molecular formula is C12H22O11. The van der Waals surface area contributed by atoms with Gasteiger partial charge < -0.3 is 50.0 Å². The van der Waals surface area contributed by atoms with Crippen molar-refractivity contribution in [1.29, 1.82) is 0 Å². The van der Waals surface area contributed by atoms with Crippen molar-refractivity contribution < 1.29 is 54.8 Å². The highest BCUT2D eigenvalue weighted by atomic mass is 16.7.